The topological polar surface area (TPSA) is 69.8 Å². The number of rotatable bonds is 12. The van der Waals surface area contributed by atoms with Crippen LogP contribution in [0, 0.1) is 0 Å². The Morgan fingerprint density at radius 3 is 1.39 bits per heavy atom. The Morgan fingerprint density at radius 2 is 0.922 bits per heavy atom. The number of nitrogens with one attached hydrogen (secondary N) is 1. The number of fused-ring (bicyclic) bond motifs is 8. The van der Waals surface area contributed by atoms with Gasteiger partial charge in [0, 0.05) is 18.3 Å². The van der Waals surface area contributed by atoms with Crippen LogP contribution < -0.4 is 9.97 Å². The van der Waals surface area contributed by atoms with E-state index in [1.54, 1.807) is 0 Å². The molecule has 6 heteroatoms. The minimum Gasteiger partial charge on any atom is -0.657 e. The third kappa shape index (κ3) is 6.63. The summed E-state index contributed by atoms with van der Waals surface area (Å²) in [6, 6.07) is 6.85. The molecule has 2 aliphatic rings. The molecule has 0 aromatic carbocycles. The van der Waals surface area contributed by atoms with Crippen LogP contribution in [0.25, 0.3) is 44.4 Å². The largest absolute Gasteiger partial charge is 2.00 e. The monoisotopic (exact) mass is 725 g/mol. The van der Waals surface area contributed by atoms with Gasteiger partial charge < -0.3 is 15.0 Å². The average Bonchev–Trinajstić information content (AvgIpc) is 3.93. The maximum absolute atomic E-state index is 5.62. The van der Waals surface area contributed by atoms with E-state index in [9.17, 15) is 0 Å². The van der Waals surface area contributed by atoms with E-state index in [4.69, 9.17) is 19.9 Å². The fourth-order valence-corrected chi connectivity index (χ4v) is 8.90. The van der Waals surface area contributed by atoms with Gasteiger partial charge in [0.15, 0.2) is 0 Å². The summed E-state index contributed by atoms with van der Waals surface area (Å²) in [6.45, 7) is 22.7. The first-order valence-corrected chi connectivity index (χ1v) is 19.7. The Hall–Kier alpha value is -3.63. The molecule has 6 rings (SSSR count). The molecule has 272 valence electrons. The zero-order valence-corrected chi connectivity index (χ0v) is 33.7. The zero-order valence-electron chi connectivity index (χ0n) is 32.7. The Balaban J connectivity index is 0.00000504. The van der Waals surface area contributed by atoms with Gasteiger partial charge in [-0.05, 0) is 103 Å². The zero-order chi connectivity index (χ0) is 35.7. The molecule has 0 unspecified atom stereocenters. The fraction of sp³-hybridized carbons (Fsp3) is 0.467. The van der Waals surface area contributed by atoms with Crippen molar-refractivity contribution in [2.75, 3.05) is 0 Å². The van der Waals surface area contributed by atoms with Gasteiger partial charge >= 0.3 is 16.5 Å². The van der Waals surface area contributed by atoms with Gasteiger partial charge in [-0.25, -0.2) is 9.97 Å². The molecule has 0 radical (unpaired) electrons. The van der Waals surface area contributed by atoms with Gasteiger partial charge in [-0.2, -0.15) is 0 Å². The molecule has 0 saturated carbocycles. The van der Waals surface area contributed by atoms with Gasteiger partial charge in [-0.15, -0.1) is 22.1 Å². The number of nitrogens with zero attached hydrogens (tertiary/aromatic N) is 4. The van der Waals surface area contributed by atoms with Crippen molar-refractivity contribution in [2.45, 2.75) is 140 Å². The van der Waals surface area contributed by atoms with E-state index in [-0.39, 0.29) is 16.5 Å². The predicted octanol–water partition coefficient (Wildman–Crippen LogP) is 11.3. The summed E-state index contributed by atoms with van der Waals surface area (Å²) >= 11 is 0. The van der Waals surface area contributed by atoms with Crippen molar-refractivity contribution in [3.05, 3.63) is 91.8 Å². The number of allylic oxidation sites excluding steroid dienone is 4. The van der Waals surface area contributed by atoms with Crippen molar-refractivity contribution < 1.29 is 16.5 Å². The van der Waals surface area contributed by atoms with Crippen LogP contribution in [0.4, 0.5) is 0 Å². The second-order valence-corrected chi connectivity index (χ2v) is 13.7. The third-order valence-electron chi connectivity index (χ3n) is 11.3. The van der Waals surface area contributed by atoms with Crippen LogP contribution in [0.5, 0.6) is 0 Å². The van der Waals surface area contributed by atoms with Crippen molar-refractivity contribution in [1.82, 2.24) is 24.9 Å². The van der Waals surface area contributed by atoms with Crippen molar-refractivity contribution in [3.8, 4) is 0 Å². The van der Waals surface area contributed by atoms with Gasteiger partial charge in [0.1, 0.15) is 0 Å². The Kier molecular flexibility index (Phi) is 12.4. The van der Waals surface area contributed by atoms with Crippen molar-refractivity contribution >= 4 is 44.4 Å². The quantitative estimate of drug-likeness (QED) is 0.148. The molecule has 8 bridgehead atoms. The van der Waals surface area contributed by atoms with E-state index in [0.29, 0.717) is 0 Å². The number of hydrogen-bond donors (Lipinski definition) is 1. The number of hydrogen-bond acceptors (Lipinski definition) is 2. The predicted molar refractivity (Wildman–Crippen MR) is 214 cm³/mol. The molecule has 4 aromatic rings. The minimum atomic E-state index is 0. The summed E-state index contributed by atoms with van der Waals surface area (Å²) in [6.07, 6.45) is 12.5. The molecule has 2 aliphatic heterocycles. The number of aromatic amines is 1. The molecule has 0 amide bonds. The summed E-state index contributed by atoms with van der Waals surface area (Å²) in [7, 11) is 0. The molecular weight excluding hydrogens is 669 g/mol. The first-order valence-electron chi connectivity index (χ1n) is 19.7. The first kappa shape index (κ1) is 38.6. The van der Waals surface area contributed by atoms with E-state index in [2.05, 4.69) is 98.6 Å². The van der Waals surface area contributed by atoms with Crippen LogP contribution in [-0.4, -0.2) is 15.0 Å². The molecule has 51 heavy (non-hydrogen) atoms. The standard InChI is InChI=1S/C45H57N5.Ni/c1-11-26-25-46-37(27(26)12-2)21-36-44-34(19-9)32(17-7)42(49-44)23-40-30(15-5)28(13-3)38(47-40)22-39-29(14-4)31(16-6)41(48-39)24-43-33(18-8)35(20-10)45(36)50-43;/h22-25,46H,11-21H2,1-10H3;/q-2;+2. The number of aryl methyl sites for hydroxylation is 5. The van der Waals surface area contributed by atoms with Gasteiger partial charge in [-0.3, -0.25) is 0 Å². The molecule has 0 saturated heterocycles. The summed E-state index contributed by atoms with van der Waals surface area (Å²) in [5, 5.41) is 0. The van der Waals surface area contributed by atoms with Gasteiger partial charge in [0.25, 0.3) is 0 Å². The summed E-state index contributed by atoms with van der Waals surface area (Å²) < 4.78 is 0. The van der Waals surface area contributed by atoms with E-state index >= 15 is 0 Å². The van der Waals surface area contributed by atoms with Crippen LogP contribution >= 0.6 is 0 Å². The van der Waals surface area contributed by atoms with Crippen molar-refractivity contribution in [2.24, 2.45) is 0 Å². The van der Waals surface area contributed by atoms with Crippen LogP contribution in [0.2, 0.25) is 0 Å². The van der Waals surface area contributed by atoms with Gasteiger partial charge in [0.05, 0.1) is 22.8 Å². The van der Waals surface area contributed by atoms with Gasteiger partial charge in [0.2, 0.25) is 0 Å². The smallest absolute Gasteiger partial charge is 0.657 e. The summed E-state index contributed by atoms with van der Waals surface area (Å²) in [4.78, 5) is 25.7. The maximum atomic E-state index is 5.62. The molecule has 0 spiro atoms. The van der Waals surface area contributed by atoms with E-state index in [1.807, 2.05) is 0 Å². The van der Waals surface area contributed by atoms with E-state index in [0.717, 1.165) is 115 Å². The molecule has 4 aromatic heterocycles. The molecule has 0 aliphatic carbocycles. The second kappa shape index (κ2) is 16.4. The summed E-state index contributed by atoms with van der Waals surface area (Å²) in [5.41, 5.74) is 24.6. The fourth-order valence-electron chi connectivity index (χ4n) is 8.90. The first-order chi connectivity index (χ1) is 24.3. The van der Waals surface area contributed by atoms with Crippen LogP contribution in [0.15, 0.2) is 24.4 Å². The van der Waals surface area contributed by atoms with Crippen LogP contribution in [0.1, 0.15) is 162 Å². The van der Waals surface area contributed by atoms with E-state index < -0.39 is 0 Å². The SMILES string of the molecule is CCC1=C(CC)c2cc3[n-]c(c(Cc4[nH]cc(CC)c4CC)c4nc(cc5[n-]c(cc1n2)c(CC)c5CC)C(CC)=C4CC)c(CC)c3CC.[Ni+2]. The van der Waals surface area contributed by atoms with Crippen LogP contribution in [0.3, 0.4) is 0 Å². The molecule has 0 fully saturated rings. The molecule has 5 nitrogen and oxygen atoms in total. The van der Waals surface area contributed by atoms with Crippen molar-refractivity contribution in [3.63, 3.8) is 0 Å². The summed E-state index contributed by atoms with van der Waals surface area (Å²) in [5.74, 6) is 0. The van der Waals surface area contributed by atoms with Crippen molar-refractivity contribution in [1.29, 1.82) is 0 Å². The molecular formula is C45H57N5Ni. The third-order valence-corrected chi connectivity index (χ3v) is 11.3. The second-order valence-electron chi connectivity index (χ2n) is 13.7. The normalized spacial score (nSPS) is 13.1. The number of H-pyrrole nitrogens is 1. The van der Waals surface area contributed by atoms with Gasteiger partial charge in [-0.1, -0.05) is 110 Å². The minimum absolute atomic E-state index is 0. The molecule has 1 N–H and O–H groups in total. The average molecular weight is 727 g/mol. The number of aromatic nitrogens is 5. The van der Waals surface area contributed by atoms with Crippen LogP contribution in [-0.2, 0) is 61.4 Å². The maximum Gasteiger partial charge on any atom is 2.00 e. The Morgan fingerprint density at radius 1 is 0.471 bits per heavy atom. The molecule has 6 heterocycles. The Labute approximate surface area is 316 Å². The molecule has 0 atom stereocenters. The Bertz CT molecular complexity index is 2150. The van der Waals surface area contributed by atoms with E-state index in [1.165, 1.54) is 66.9 Å².